The summed E-state index contributed by atoms with van der Waals surface area (Å²) in [6, 6.07) is 5.35. The molecule has 0 aliphatic rings. The van der Waals surface area contributed by atoms with Gasteiger partial charge in [-0.1, -0.05) is 11.8 Å². The summed E-state index contributed by atoms with van der Waals surface area (Å²) < 4.78 is 7.05. The fourth-order valence-corrected chi connectivity index (χ4v) is 3.14. The molecule has 0 saturated heterocycles. The van der Waals surface area contributed by atoms with Crippen LogP contribution >= 0.6 is 11.8 Å². The predicted molar refractivity (Wildman–Crippen MR) is 85.9 cm³/mol. The number of esters is 1. The SMILES string of the molecule is CCOC(=O)c1ccc2c(c1)nc(SCCC(N)=O)n2CC. The number of hydrogen-bond acceptors (Lipinski definition) is 5. The number of rotatable bonds is 7. The minimum atomic E-state index is -0.349. The summed E-state index contributed by atoms with van der Waals surface area (Å²) in [4.78, 5) is 27.2. The topological polar surface area (TPSA) is 87.2 Å². The van der Waals surface area contributed by atoms with Crippen molar-refractivity contribution in [3.05, 3.63) is 23.8 Å². The number of imidazole rings is 1. The van der Waals surface area contributed by atoms with Gasteiger partial charge in [-0.2, -0.15) is 0 Å². The van der Waals surface area contributed by atoms with Gasteiger partial charge in [0.15, 0.2) is 5.16 Å². The van der Waals surface area contributed by atoms with E-state index in [4.69, 9.17) is 10.5 Å². The Balaban J connectivity index is 2.30. The molecular weight excluding hydrogens is 302 g/mol. The lowest BCUT2D eigenvalue weighted by molar-refractivity contribution is -0.117. The maximum Gasteiger partial charge on any atom is 0.338 e. The zero-order chi connectivity index (χ0) is 16.1. The highest BCUT2D eigenvalue weighted by atomic mass is 32.2. The number of amides is 1. The Labute approximate surface area is 133 Å². The van der Waals surface area contributed by atoms with E-state index in [1.807, 2.05) is 13.0 Å². The Morgan fingerprint density at radius 1 is 1.36 bits per heavy atom. The molecule has 6 nitrogen and oxygen atoms in total. The quantitative estimate of drug-likeness (QED) is 0.624. The molecule has 1 heterocycles. The van der Waals surface area contributed by atoms with Gasteiger partial charge < -0.3 is 15.0 Å². The number of thioether (sulfide) groups is 1. The zero-order valence-electron chi connectivity index (χ0n) is 12.7. The monoisotopic (exact) mass is 321 g/mol. The molecule has 0 saturated carbocycles. The molecule has 22 heavy (non-hydrogen) atoms. The molecule has 2 N–H and O–H groups in total. The highest BCUT2D eigenvalue weighted by molar-refractivity contribution is 7.99. The predicted octanol–water partition coefficient (Wildman–Crippen LogP) is 2.20. The van der Waals surface area contributed by atoms with E-state index < -0.39 is 0 Å². The van der Waals surface area contributed by atoms with Gasteiger partial charge >= 0.3 is 5.97 Å². The lowest BCUT2D eigenvalue weighted by atomic mass is 10.2. The van der Waals surface area contributed by atoms with Gasteiger partial charge in [0.05, 0.1) is 23.2 Å². The van der Waals surface area contributed by atoms with E-state index in [0.29, 0.717) is 24.3 Å². The van der Waals surface area contributed by atoms with Crippen LogP contribution in [0.4, 0.5) is 0 Å². The average Bonchev–Trinajstić information content (AvgIpc) is 2.83. The van der Waals surface area contributed by atoms with Crippen molar-refractivity contribution in [2.24, 2.45) is 5.73 Å². The summed E-state index contributed by atoms with van der Waals surface area (Å²) in [6.07, 6.45) is 0.311. The molecule has 0 bridgehead atoms. The van der Waals surface area contributed by atoms with Crippen molar-refractivity contribution in [1.29, 1.82) is 0 Å². The van der Waals surface area contributed by atoms with Gasteiger partial charge in [0.25, 0.3) is 0 Å². The molecular formula is C15H19N3O3S. The Morgan fingerprint density at radius 2 is 2.14 bits per heavy atom. The first-order valence-electron chi connectivity index (χ1n) is 7.15. The number of benzene rings is 1. The first-order valence-corrected chi connectivity index (χ1v) is 8.13. The molecule has 1 aromatic carbocycles. The van der Waals surface area contributed by atoms with Gasteiger partial charge in [0.2, 0.25) is 5.91 Å². The normalized spacial score (nSPS) is 10.8. The molecule has 2 aromatic rings. The number of hydrogen-bond donors (Lipinski definition) is 1. The number of fused-ring (bicyclic) bond motifs is 1. The molecule has 0 fully saturated rings. The molecule has 118 valence electrons. The number of aryl methyl sites for hydroxylation is 1. The molecule has 1 amide bonds. The Kier molecular flexibility index (Phi) is 5.43. The highest BCUT2D eigenvalue weighted by Crippen LogP contribution is 2.25. The van der Waals surface area contributed by atoms with Crippen LogP contribution in [0.1, 0.15) is 30.6 Å². The van der Waals surface area contributed by atoms with Crippen molar-refractivity contribution < 1.29 is 14.3 Å². The van der Waals surface area contributed by atoms with E-state index >= 15 is 0 Å². The van der Waals surface area contributed by atoms with Crippen molar-refractivity contribution >= 4 is 34.7 Å². The first kappa shape index (κ1) is 16.4. The van der Waals surface area contributed by atoms with Crippen molar-refractivity contribution in [3.8, 4) is 0 Å². The summed E-state index contributed by atoms with van der Waals surface area (Å²) in [5, 5.41) is 0.819. The largest absolute Gasteiger partial charge is 0.462 e. The van der Waals surface area contributed by atoms with E-state index in [1.165, 1.54) is 11.8 Å². The van der Waals surface area contributed by atoms with Crippen LogP contribution in [0.2, 0.25) is 0 Å². The molecule has 0 atom stereocenters. The number of aromatic nitrogens is 2. The number of carbonyl (C=O) groups is 2. The van der Waals surface area contributed by atoms with Crippen LogP contribution in [-0.4, -0.2) is 33.8 Å². The van der Waals surface area contributed by atoms with Gasteiger partial charge in [-0.05, 0) is 32.0 Å². The molecule has 0 radical (unpaired) electrons. The molecule has 0 aliphatic heterocycles. The standard InChI is InChI=1S/C15H19N3O3S/c1-3-18-12-6-5-10(14(20)21-4-2)9-11(12)17-15(18)22-8-7-13(16)19/h5-6,9H,3-4,7-8H2,1-2H3,(H2,16,19). The summed E-state index contributed by atoms with van der Waals surface area (Å²) in [7, 11) is 0. The van der Waals surface area contributed by atoms with Gasteiger partial charge in [0.1, 0.15) is 0 Å². The Bertz CT molecular complexity index is 697. The van der Waals surface area contributed by atoms with Crippen molar-refractivity contribution in [3.63, 3.8) is 0 Å². The maximum atomic E-state index is 11.8. The van der Waals surface area contributed by atoms with E-state index in [2.05, 4.69) is 9.55 Å². The molecule has 0 unspecified atom stereocenters. The number of primary amides is 1. The van der Waals surface area contributed by atoms with E-state index in [0.717, 1.165) is 22.7 Å². The third-order valence-corrected chi connectivity index (χ3v) is 4.10. The summed E-state index contributed by atoms with van der Waals surface area (Å²) in [5.74, 6) is -0.0849. The summed E-state index contributed by atoms with van der Waals surface area (Å²) >= 11 is 1.49. The number of carbonyl (C=O) groups excluding carboxylic acids is 2. The fraction of sp³-hybridized carbons (Fsp3) is 0.400. The maximum absolute atomic E-state index is 11.8. The minimum Gasteiger partial charge on any atom is -0.462 e. The second kappa shape index (κ2) is 7.31. The summed E-state index contributed by atoms with van der Waals surface area (Å²) in [5.41, 5.74) is 7.34. The van der Waals surface area contributed by atoms with Crippen LogP contribution in [0.15, 0.2) is 23.4 Å². The third-order valence-electron chi connectivity index (χ3n) is 3.12. The van der Waals surface area contributed by atoms with Crippen LogP contribution in [0.3, 0.4) is 0 Å². The second-order valence-corrected chi connectivity index (χ2v) is 5.69. The van der Waals surface area contributed by atoms with Gasteiger partial charge in [-0.15, -0.1) is 0 Å². The zero-order valence-corrected chi connectivity index (χ0v) is 13.5. The lowest BCUT2D eigenvalue weighted by Gasteiger charge is -2.05. The lowest BCUT2D eigenvalue weighted by Crippen LogP contribution is -2.11. The number of ether oxygens (including phenoxy) is 1. The van der Waals surface area contributed by atoms with Gasteiger partial charge in [-0.3, -0.25) is 4.79 Å². The fourth-order valence-electron chi connectivity index (χ4n) is 2.11. The van der Waals surface area contributed by atoms with E-state index in [1.54, 1.807) is 19.1 Å². The average molecular weight is 321 g/mol. The molecule has 7 heteroatoms. The number of nitrogens with two attached hydrogens (primary N) is 1. The molecule has 2 rings (SSSR count). The van der Waals surface area contributed by atoms with Gasteiger partial charge in [-0.25, -0.2) is 9.78 Å². The summed E-state index contributed by atoms with van der Waals surface area (Å²) in [6.45, 7) is 4.90. The molecule has 1 aromatic heterocycles. The van der Waals surface area contributed by atoms with E-state index in [9.17, 15) is 9.59 Å². The van der Waals surface area contributed by atoms with Gasteiger partial charge in [0, 0.05) is 18.7 Å². The highest BCUT2D eigenvalue weighted by Gasteiger charge is 2.13. The molecule has 0 aliphatic carbocycles. The van der Waals surface area contributed by atoms with Crippen molar-refractivity contribution in [2.45, 2.75) is 32.0 Å². The van der Waals surface area contributed by atoms with Crippen molar-refractivity contribution in [1.82, 2.24) is 9.55 Å². The molecule has 0 spiro atoms. The van der Waals surface area contributed by atoms with Crippen LogP contribution < -0.4 is 5.73 Å². The third kappa shape index (κ3) is 3.59. The van der Waals surface area contributed by atoms with Crippen molar-refractivity contribution in [2.75, 3.05) is 12.4 Å². The first-order chi connectivity index (χ1) is 10.6. The smallest absolute Gasteiger partial charge is 0.338 e. The van der Waals surface area contributed by atoms with Crippen LogP contribution in [0, 0.1) is 0 Å². The number of nitrogens with zero attached hydrogens (tertiary/aromatic N) is 2. The minimum absolute atomic E-state index is 0.311. The van der Waals surface area contributed by atoms with Crippen LogP contribution in [0.25, 0.3) is 11.0 Å². The van der Waals surface area contributed by atoms with Crippen LogP contribution in [-0.2, 0) is 16.1 Å². The second-order valence-electron chi connectivity index (χ2n) is 4.63. The van der Waals surface area contributed by atoms with E-state index in [-0.39, 0.29) is 11.9 Å². The van der Waals surface area contributed by atoms with Crippen LogP contribution in [0.5, 0.6) is 0 Å². The Morgan fingerprint density at radius 3 is 2.77 bits per heavy atom. The Hall–Kier alpha value is -2.02.